The molecule has 1 aliphatic rings. The Balaban J connectivity index is 1.78. The monoisotopic (exact) mass is 250 g/mol. The molecule has 0 spiro atoms. The lowest BCUT2D eigenvalue weighted by Crippen LogP contribution is -2.22. The van der Waals surface area contributed by atoms with E-state index in [-0.39, 0.29) is 0 Å². The van der Waals surface area contributed by atoms with Crippen molar-refractivity contribution in [3.63, 3.8) is 0 Å². The Labute approximate surface area is 111 Å². The van der Waals surface area contributed by atoms with Gasteiger partial charge in [-0.2, -0.15) is 0 Å². The van der Waals surface area contributed by atoms with Crippen molar-refractivity contribution in [1.82, 2.24) is 10.2 Å². The van der Waals surface area contributed by atoms with Crippen molar-refractivity contribution in [1.29, 1.82) is 0 Å². The van der Waals surface area contributed by atoms with Crippen LogP contribution in [0, 0.1) is 5.92 Å². The van der Waals surface area contributed by atoms with Gasteiger partial charge in [0.15, 0.2) is 0 Å². The number of rotatable bonds is 8. The van der Waals surface area contributed by atoms with E-state index in [1.165, 1.54) is 24.8 Å². The molecule has 0 amide bonds. The number of furan rings is 1. The lowest BCUT2D eigenvalue weighted by atomic mass is 10.1. The first-order valence-electron chi connectivity index (χ1n) is 7.12. The summed E-state index contributed by atoms with van der Waals surface area (Å²) in [5, 5.41) is 3.51. The Bertz CT molecular complexity index is 355. The van der Waals surface area contributed by atoms with Crippen molar-refractivity contribution < 1.29 is 4.42 Å². The Morgan fingerprint density at radius 3 is 2.89 bits per heavy atom. The largest absolute Gasteiger partial charge is 0.468 e. The van der Waals surface area contributed by atoms with Gasteiger partial charge in [0.1, 0.15) is 5.76 Å². The Morgan fingerprint density at radius 1 is 1.44 bits per heavy atom. The average Bonchev–Trinajstić information content (AvgIpc) is 3.05. The van der Waals surface area contributed by atoms with E-state index in [1.807, 2.05) is 6.26 Å². The molecule has 0 aliphatic heterocycles. The Hall–Kier alpha value is -0.800. The Morgan fingerprint density at radius 2 is 2.22 bits per heavy atom. The van der Waals surface area contributed by atoms with Gasteiger partial charge in [-0.15, -0.1) is 0 Å². The average molecular weight is 250 g/mol. The summed E-state index contributed by atoms with van der Waals surface area (Å²) in [6, 6.07) is 2.84. The van der Waals surface area contributed by atoms with Crippen LogP contribution in [0.3, 0.4) is 0 Å². The molecule has 18 heavy (non-hydrogen) atoms. The third-order valence-electron chi connectivity index (χ3n) is 3.49. The summed E-state index contributed by atoms with van der Waals surface area (Å²) in [6.07, 6.45) is 5.72. The summed E-state index contributed by atoms with van der Waals surface area (Å²) in [5.41, 5.74) is 1.33. The fourth-order valence-electron chi connectivity index (χ4n) is 2.04. The smallest absolute Gasteiger partial charge is 0.122 e. The van der Waals surface area contributed by atoms with Crippen LogP contribution in [-0.4, -0.2) is 24.5 Å². The van der Waals surface area contributed by atoms with E-state index in [0.717, 1.165) is 37.4 Å². The van der Waals surface area contributed by atoms with Crippen LogP contribution in [-0.2, 0) is 13.1 Å². The second-order valence-corrected chi connectivity index (χ2v) is 5.94. The predicted molar refractivity (Wildman–Crippen MR) is 74.4 cm³/mol. The van der Waals surface area contributed by atoms with E-state index >= 15 is 0 Å². The minimum atomic E-state index is 0.738. The molecule has 1 saturated carbocycles. The fourth-order valence-corrected chi connectivity index (χ4v) is 2.04. The maximum Gasteiger partial charge on any atom is 0.122 e. The van der Waals surface area contributed by atoms with Crippen molar-refractivity contribution >= 4 is 0 Å². The van der Waals surface area contributed by atoms with Crippen LogP contribution in [0.4, 0.5) is 0 Å². The van der Waals surface area contributed by atoms with Crippen LogP contribution in [0.15, 0.2) is 16.7 Å². The van der Waals surface area contributed by atoms with Gasteiger partial charge in [0, 0.05) is 18.2 Å². The van der Waals surface area contributed by atoms with E-state index in [4.69, 9.17) is 4.42 Å². The summed E-state index contributed by atoms with van der Waals surface area (Å²) in [4.78, 5) is 2.38. The van der Waals surface area contributed by atoms with E-state index in [2.05, 4.69) is 37.2 Å². The maximum atomic E-state index is 5.58. The first-order chi connectivity index (χ1) is 8.65. The third-order valence-corrected chi connectivity index (χ3v) is 3.49. The standard InChI is InChI=1S/C15H26N2O/c1-12(2)6-8-17(3)11-13-7-9-18-15(13)10-16-14-4-5-14/h7,9,12,14,16H,4-6,8,10-11H2,1-3H3. The van der Waals surface area contributed by atoms with Crippen molar-refractivity contribution in [2.45, 2.75) is 52.2 Å². The zero-order chi connectivity index (χ0) is 13.0. The molecule has 1 aromatic heterocycles. The van der Waals surface area contributed by atoms with Gasteiger partial charge in [-0.1, -0.05) is 13.8 Å². The van der Waals surface area contributed by atoms with Crippen LogP contribution in [0.25, 0.3) is 0 Å². The van der Waals surface area contributed by atoms with Gasteiger partial charge in [-0.3, -0.25) is 0 Å². The molecule has 1 aliphatic carbocycles. The molecular formula is C15H26N2O. The molecule has 0 unspecified atom stereocenters. The third kappa shape index (κ3) is 4.46. The second kappa shape index (κ2) is 6.39. The molecule has 0 atom stereocenters. The summed E-state index contributed by atoms with van der Waals surface area (Å²) in [7, 11) is 2.19. The predicted octanol–water partition coefficient (Wildman–Crippen LogP) is 3.01. The number of nitrogens with one attached hydrogen (secondary N) is 1. The van der Waals surface area contributed by atoms with Crippen LogP contribution in [0.1, 0.15) is 44.4 Å². The molecular weight excluding hydrogens is 224 g/mol. The highest BCUT2D eigenvalue weighted by molar-refractivity contribution is 5.17. The van der Waals surface area contributed by atoms with Gasteiger partial charge < -0.3 is 14.6 Å². The summed E-state index contributed by atoms with van der Waals surface area (Å²) < 4.78 is 5.58. The van der Waals surface area contributed by atoms with Crippen LogP contribution in [0.5, 0.6) is 0 Å². The fraction of sp³-hybridized carbons (Fsp3) is 0.733. The van der Waals surface area contributed by atoms with E-state index in [0.29, 0.717) is 0 Å². The van der Waals surface area contributed by atoms with Crippen LogP contribution >= 0.6 is 0 Å². The van der Waals surface area contributed by atoms with Gasteiger partial charge in [-0.25, -0.2) is 0 Å². The number of nitrogens with zero attached hydrogens (tertiary/aromatic N) is 1. The van der Waals surface area contributed by atoms with Gasteiger partial charge in [0.25, 0.3) is 0 Å². The molecule has 0 saturated heterocycles. The molecule has 0 radical (unpaired) electrons. The van der Waals surface area contributed by atoms with Crippen molar-refractivity contribution in [2.75, 3.05) is 13.6 Å². The van der Waals surface area contributed by atoms with Crippen molar-refractivity contribution in [2.24, 2.45) is 5.92 Å². The molecule has 0 bridgehead atoms. The van der Waals surface area contributed by atoms with Gasteiger partial charge in [0.2, 0.25) is 0 Å². The highest BCUT2D eigenvalue weighted by Crippen LogP contribution is 2.20. The van der Waals surface area contributed by atoms with Gasteiger partial charge in [-0.05, 0) is 44.8 Å². The van der Waals surface area contributed by atoms with Gasteiger partial charge in [0.05, 0.1) is 12.8 Å². The highest BCUT2D eigenvalue weighted by Gasteiger charge is 2.21. The highest BCUT2D eigenvalue weighted by atomic mass is 16.3. The molecule has 1 N–H and O–H groups in total. The van der Waals surface area contributed by atoms with E-state index < -0.39 is 0 Å². The van der Waals surface area contributed by atoms with E-state index in [1.54, 1.807) is 0 Å². The summed E-state index contributed by atoms with van der Waals surface area (Å²) >= 11 is 0. The zero-order valence-electron chi connectivity index (χ0n) is 11.9. The molecule has 102 valence electrons. The van der Waals surface area contributed by atoms with Gasteiger partial charge >= 0.3 is 0 Å². The first-order valence-corrected chi connectivity index (χ1v) is 7.12. The van der Waals surface area contributed by atoms with Crippen molar-refractivity contribution in [3.8, 4) is 0 Å². The molecule has 1 aromatic rings. The van der Waals surface area contributed by atoms with E-state index in [9.17, 15) is 0 Å². The number of hydrogen-bond donors (Lipinski definition) is 1. The maximum absolute atomic E-state index is 5.58. The summed E-state index contributed by atoms with van der Waals surface area (Å²) in [5.74, 6) is 1.88. The van der Waals surface area contributed by atoms with Crippen molar-refractivity contribution in [3.05, 3.63) is 23.7 Å². The molecule has 2 rings (SSSR count). The lowest BCUT2D eigenvalue weighted by Gasteiger charge is -2.17. The summed E-state index contributed by atoms with van der Waals surface area (Å²) in [6.45, 7) is 7.57. The van der Waals surface area contributed by atoms with Crippen LogP contribution in [0.2, 0.25) is 0 Å². The first kappa shape index (κ1) is 13.6. The SMILES string of the molecule is CC(C)CCN(C)Cc1ccoc1CNC1CC1. The quantitative estimate of drug-likeness (QED) is 0.769. The lowest BCUT2D eigenvalue weighted by molar-refractivity contribution is 0.300. The molecule has 1 fully saturated rings. The molecule has 0 aromatic carbocycles. The Kier molecular flexibility index (Phi) is 4.84. The molecule has 3 nitrogen and oxygen atoms in total. The molecule has 3 heteroatoms. The zero-order valence-corrected chi connectivity index (χ0v) is 11.9. The minimum Gasteiger partial charge on any atom is -0.468 e. The second-order valence-electron chi connectivity index (χ2n) is 5.94. The van der Waals surface area contributed by atoms with Crippen LogP contribution < -0.4 is 5.32 Å². The molecule has 1 heterocycles. The minimum absolute atomic E-state index is 0.738. The topological polar surface area (TPSA) is 28.4 Å². The number of hydrogen-bond acceptors (Lipinski definition) is 3. The normalized spacial score (nSPS) is 15.8.